The van der Waals surface area contributed by atoms with Gasteiger partial charge in [0.2, 0.25) is 0 Å². The number of halogens is 1. The third kappa shape index (κ3) is 8.18. The molecule has 1 heterocycles. The van der Waals surface area contributed by atoms with Gasteiger partial charge >= 0.3 is 0 Å². The topological polar surface area (TPSA) is 84.7 Å². The maximum Gasteiger partial charge on any atom is 0.158 e. The van der Waals surface area contributed by atoms with E-state index >= 15 is 0 Å². The molecule has 44 heavy (non-hydrogen) atoms. The number of carbonyl (C=O) groups excluding carboxylic acids is 1. The van der Waals surface area contributed by atoms with Crippen molar-refractivity contribution in [2.75, 3.05) is 0 Å². The van der Waals surface area contributed by atoms with Crippen LogP contribution in [0.2, 0.25) is 0 Å². The second kappa shape index (κ2) is 15.9. The molecule has 1 aliphatic rings. The molecule has 2 aromatic rings. The highest BCUT2D eigenvalue weighted by molar-refractivity contribution is 5.96. The standard InChI is InChI=1S/C36H47FN6O/c1-10-14-32-31(30(13-4)24(6)36(44)15-11-2)17-19-34(32)39-25(7)29(12-3)21-35(43-27(9)40-41-42-43)26(8)38-22-28-16-18-33(37)23(5)20-28/h10,12,14,16,18,20-21,34,38-39H,7-8,11,13,15,17,19,22H2,1-6,9H3/b14-10-,29-12+,30-24+,35-21-. The lowest BCUT2D eigenvalue weighted by Crippen LogP contribution is -2.28. The summed E-state index contributed by atoms with van der Waals surface area (Å²) >= 11 is 0. The van der Waals surface area contributed by atoms with Crippen molar-refractivity contribution in [1.82, 2.24) is 30.8 Å². The average molecular weight is 599 g/mol. The average Bonchev–Trinajstić information content (AvgIpc) is 3.60. The van der Waals surface area contributed by atoms with Gasteiger partial charge in [-0.15, -0.1) is 5.10 Å². The number of aromatic nitrogens is 4. The maximum absolute atomic E-state index is 13.8. The first kappa shape index (κ1) is 34.2. The maximum atomic E-state index is 13.8. The lowest BCUT2D eigenvalue weighted by molar-refractivity contribution is -0.115. The van der Waals surface area contributed by atoms with Crippen molar-refractivity contribution < 1.29 is 9.18 Å². The van der Waals surface area contributed by atoms with Crippen LogP contribution in [0.4, 0.5) is 4.39 Å². The van der Waals surface area contributed by atoms with E-state index in [1.165, 1.54) is 17.2 Å². The number of nitrogens with zero attached hydrogens (tertiary/aromatic N) is 4. The van der Waals surface area contributed by atoms with Gasteiger partial charge in [0.05, 0.1) is 17.4 Å². The third-order valence-corrected chi connectivity index (χ3v) is 8.01. The summed E-state index contributed by atoms with van der Waals surface area (Å²) in [4.78, 5) is 12.8. The Bertz CT molecular complexity index is 1550. The van der Waals surface area contributed by atoms with Gasteiger partial charge in [0.15, 0.2) is 11.6 Å². The van der Waals surface area contributed by atoms with E-state index < -0.39 is 0 Å². The molecule has 1 aromatic carbocycles. The summed E-state index contributed by atoms with van der Waals surface area (Å²) in [5.41, 5.74) is 8.92. The largest absolute Gasteiger partial charge is 0.380 e. The Morgan fingerprint density at radius 3 is 2.52 bits per heavy atom. The van der Waals surface area contributed by atoms with E-state index in [9.17, 15) is 9.18 Å². The van der Waals surface area contributed by atoms with Gasteiger partial charge in [-0.25, -0.2) is 4.39 Å². The highest BCUT2D eigenvalue weighted by Gasteiger charge is 2.27. The van der Waals surface area contributed by atoms with Crippen molar-refractivity contribution in [2.24, 2.45) is 0 Å². The third-order valence-electron chi connectivity index (χ3n) is 8.01. The zero-order valence-electron chi connectivity index (χ0n) is 27.4. The SMILES string of the molecule is C=C(NCc1ccc(F)c(C)c1)/C(=C/C(=C\C)C(=C)NC1CCC(C(/CC)=C(\C)C(=O)CCC)=C1/C=C\C)n1nnnc1C. The summed E-state index contributed by atoms with van der Waals surface area (Å²) < 4.78 is 15.4. The fourth-order valence-corrected chi connectivity index (χ4v) is 5.59. The molecule has 0 spiro atoms. The predicted octanol–water partition coefficient (Wildman–Crippen LogP) is 7.75. The minimum atomic E-state index is -0.231. The van der Waals surface area contributed by atoms with Crippen molar-refractivity contribution in [2.45, 2.75) is 93.2 Å². The molecule has 0 bridgehead atoms. The molecule has 0 amide bonds. The van der Waals surface area contributed by atoms with E-state index in [2.05, 4.69) is 58.4 Å². The molecule has 0 fully saturated rings. The van der Waals surface area contributed by atoms with Crippen molar-refractivity contribution in [3.63, 3.8) is 0 Å². The Balaban J connectivity index is 1.91. The summed E-state index contributed by atoms with van der Waals surface area (Å²) in [5, 5.41) is 19.1. The molecule has 7 nitrogen and oxygen atoms in total. The van der Waals surface area contributed by atoms with Crippen molar-refractivity contribution >= 4 is 11.5 Å². The Morgan fingerprint density at radius 1 is 1.18 bits per heavy atom. The van der Waals surface area contributed by atoms with E-state index in [0.29, 0.717) is 35.7 Å². The number of Topliss-reactive ketones (excluding diaryl/α,β-unsaturated/α-hetero) is 1. The molecule has 8 heteroatoms. The predicted molar refractivity (Wildman–Crippen MR) is 178 cm³/mol. The van der Waals surface area contributed by atoms with Gasteiger partial charge in [0.1, 0.15) is 5.82 Å². The normalized spacial score (nSPS) is 16.4. The van der Waals surface area contributed by atoms with Gasteiger partial charge in [-0.05, 0) is 122 Å². The molecule has 3 rings (SSSR count). The monoisotopic (exact) mass is 598 g/mol. The Hall–Kier alpha value is -4.33. The van der Waals surface area contributed by atoms with E-state index in [1.54, 1.807) is 17.7 Å². The minimum absolute atomic E-state index is 0.0499. The Labute approximate surface area is 262 Å². The smallest absolute Gasteiger partial charge is 0.158 e. The Kier molecular flexibility index (Phi) is 12.4. The Morgan fingerprint density at radius 2 is 1.93 bits per heavy atom. The molecule has 1 unspecified atom stereocenters. The summed E-state index contributed by atoms with van der Waals surface area (Å²) in [6.07, 6.45) is 12.2. The molecule has 1 aromatic heterocycles. The van der Waals surface area contributed by atoms with Gasteiger partial charge in [0.25, 0.3) is 0 Å². The number of hydrogen-bond donors (Lipinski definition) is 2. The number of tetrazole rings is 1. The van der Waals surface area contributed by atoms with E-state index in [1.807, 2.05) is 52.8 Å². The van der Waals surface area contributed by atoms with Crippen LogP contribution in [0.5, 0.6) is 0 Å². The zero-order chi connectivity index (χ0) is 32.4. The van der Waals surface area contributed by atoms with Gasteiger partial charge in [-0.2, -0.15) is 4.68 Å². The summed E-state index contributed by atoms with van der Waals surface area (Å²) in [6.45, 7) is 22.8. The van der Waals surface area contributed by atoms with Crippen LogP contribution >= 0.6 is 0 Å². The number of carbonyl (C=O) groups is 1. The van der Waals surface area contributed by atoms with Crippen LogP contribution in [-0.4, -0.2) is 32.0 Å². The highest BCUT2D eigenvalue weighted by Crippen LogP contribution is 2.36. The van der Waals surface area contributed by atoms with Crippen molar-refractivity contribution in [3.8, 4) is 0 Å². The van der Waals surface area contributed by atoms with Crippen molar-refractivity contribution in [3.05, 3.63) is 118 Å². The van der Waals surface area contributed by atoms with Gasteiger partial charge in [-0.1, -0.05) is 57.4 Å². The number of allylic oxidation sites excluding steroid dienone is 7. The van der Waals surface area contributed by atoms with Gasteiger partial charge in [0, 0.05) is 18.7 Å². The number of aryl methyl sites for hydroxylation is 2. The zero-order valence-corrected chi connectivity index (χ0v) is 27.4. The van der Waals surface area contributed by atoms with E-state index in [4.69, 9.17) is 0 Å². The minimum Gasteiger partial charge on any atom is -0.380 e. The lowest BCUT2D eigenvalue weighted by atomic mass is 9.92. The van der Waals surface area contributed by atoms with Crippen LogP contribution in [0.3, 0.4) is 0 Å². The first-order valence-electron chi connectivity index (χ1n) is 15.4. The summed E-state index contributed by atoms with van der Waals surface area (Å²) in [5.74, 6) is 0.606. The molecule has 0 aliphatic heterocycles. The van der Waals surface area contributed by atoms with Crippen LogP contribution in [0.25, 0.3) is 5.70 Å². The van der Waals surface area contributed by atoms with Crippen LogP contribution < -0.4 is 10.6 Å². The van der Waals surface area contributed by atoms with Gasteiger partial charge < -0.3 is 10.6 Å². The summed E-state index contributed by atoms with van der Waals surface area (Å²) in [7, 11) is 0. The van der Waals surface area contributed by atoms with Crippen LogP contribution in [0.1, 0.15) is 83.7 Å². The molecular weight excluding hydrogens is 551 g/mol. The molecule has 0 saturated carbocycles. The number of hydrogen-bond acceptors (Lipinski definition) is 6. The van der Waals surface area contributed by atoms with Gasteiger partial charge in [-0.3, -0.25) is 4.79 Å². The van der Waals surface area contributed by atoms with Crippen LogP contribution in [0, 0.1) is 19.7 Å². The van der Waals surface area contributed by atoms with Crippen molar-refractivity contribution in [1.29, 1.82) is 0 Å². The molecule has 1 atom stereocenters. The molecule has 234 valence electrons. The first-order valence-corrected chi connectivity index (χ1v) is 15.4. The fraction of sp³-hybridized carbons (Fsp3) is 0.389. The number of rotatable bonds is 15. The molecular formula is C36H47FN6O. The van der Waals surface area contributed by atoms with E-state index in [0.717, 1.165) is 53.7 Å². The number of ketones is 1. The molecule has 0 radical (unpaired) electrons. The number of nitrogens with one attached hydrogen (secondary N) is 2. The van der Waals surface area contributed by atoms with Crippen LogP contribution in [-0.2, 0) is 11.3 Å². The number of benzene rings is 1. The lowest BCUT2D eigenvalue weighted by Gasteiger charge is -2.21. The molecule has 2 N–H and O–H groups in total. The molecule has 0 saturated heterocycles. The first-order chi connectivity index (χ1) is 21.1. The fourth-order valence-electron chi connectivity index (χ4n) is 5.59. The van der Waals surface area contributed by atoms with Crippen LogP contribution in [0.15, 0.2) is 94.9 Å². The highest BCUT2D eigenvalue weighted by atomic mass is 19.1. The van der Waals surface area contributed by atoms with E-state index in [-0.39, 0.29) is 17.6 Å². The second-order valence-electron chi connectivity index (χ2n) is 11.1. The second-order valence-corrected chi connectivity index (χ2v) is 11.1. The molecule has 1 aliphatic carbocycles. The quantitative estimate of drug-likeness (QED) is 0.161. The summed E-state index contributed by atoms with van der Waals surface area (Å²) in [6, 6.07) is 5.09.